The van der Waals surface area contributed by atoms with Crippen molar-refractivity contribution in [3.63, 3.8) is 0 Å². The summed E-state index contributed by atoms with van der Waals surface area (Å²) < 4.78 is 0. The van der Waals surface area contributed by atoms with Gasteiger partial charge >= 0.3 is 0 Å². The minimum Gasteiger partial charge on any atom is -0.295 e. The van der Waals surface area contributed by atoms with E-state index in [1.54, 1.807) is 18.7 Å². The van der Waals surface area contributed by atoms with Crippen molar-refractivity contribution in [1.29, 1.82) is 0 Å². The Morgan fingerprint density at radius 1 is 1.06 bits per heavy atom. The molecule has 0 N–H and O–H groups in total. The van der Waals surface area contributed by atoms with Crippen LogP contribution in [-0.4, -0.2) is 12.0 Å². The van der Waals surface area contributed by atoms with Crippen LogP contribution in [0.3, 0.4) is 0 Å². The summed E-state index contributed by atoms with van der Waals surface area (Å²) in [5.41, 5.74) is 4.35. The molecular weight excluding hydrogens is 240 g/mol. The molecule has 2 aromatic carbocycles. The first kappa shape index (κ1) is 12.9. The van der Waals surface area contributed by atoms with E-state index in [4.69, 9.17) is 0 Å². The number of Topliss-reactive ketones (excluding diaryl/α,β-unsaturated/α-hetero) is 1. The van der Waals surface area contributed by atoms with E-state index in [1.165, 1.54) is 16.0 Å². The molecule has 0 amide bonds. The van der Waals surface area contributed by atoms with Gasteiger partial charge in [-0.15, -0.1) is 11.8 Å². The van der Waals surface area contributed by atoms with Crippen LogP contribution >= 0.6 is 11.8 Å². The topological polar surface area (TPSA) is 17.1 Å². The molecule has 0 aromatic heterocycles. The lowest BCUT2D eigenvalue weighted by Crippen LogP contribution is -1.94. The fraction of sp³-hybridized carbons (Fsp3) is 0.188. The highest BCUT2D eigenvalue weighted by Gasteiger charge is 2.09. The van der Waals surface area contributed by atoms with Crippen molar-refractivity contribution in [2.24, 2.45) is 0 Å². The van der Waals surface area contributed by atoms with Gasteiger partial charge in [-0.2, -0.15) is 0 Å². The minimum atomic E-state index is 0.109. The second-order valence-electron chi connectivity index (χ2n) is 4.29. The predicted octanol–water partition coefficient (Wildman–Crippen LogP) is 4.59. The molecule has 0 spiro atoms. The minimum absolute atomic E-state index is 0.109. The number of ketones is 1. The van der Waals surface area contributed by atoms with E-state index in [9.17, 15) is 4.79 Å². The highest BCUT2D eigenvalue weighted by atomic mass is 32.2. The molecular formula is C16H16OS. The van der Waals surface area contributed by atoms with Crippen molar-refractivity contribution in [3.05, 3.63) is 53.6 Å². The SMILES string of the molecule is CSc1ccc(C(C)=O)cc1-c1ccccc1C. The predicted molar refractivity (Wildman–Crippen MR) is 78.4 cm³/mol. The number of rotatable bonds is 3. The number of aryl methyl sites for hydroxylation is 1. The van der Waals surface area contributed by atoms with E-state index in [0.29, 0.717) is 0 Å². The molecule has 18 heavy (non-hydrogen) atoms. The van der Waals surface area contributed by atoms with Gasteiger partial charge in [0.25, 0.3) is 0 Å². The third-order valence-corrected chi connectivity index (χ3v) is 3.84. The first-order valence-corrected chi connectivity index (χ1v) is 7.11. The van der Waals surface area contributed by atoms with Crippen molar-refractivity contribution in [2.45, 2.75) is 18.7 Å². The van der Waals surface area contributed by atoms with Crippen LogP contribution < -0.4 is 0 Å². The summed E-state index contributed by atoms with van der Waals surface area (Å²) >= 11 is 1.71. The van der Waals surface area contributed by atoms with Crippen molar-refractivity contribution in [2.75, 3.05) is 6.26 Å². The Bertz CT molecular complexity index is 587. The summed E-state index contributed by atoms with van der Waals surface area (Å²) in [6.07, 6.45) is 2.06. The molecule has 0 aliphatic rings. The Morgan fingerprint density at radius 2 is 1.78 bits per heavy atom. The maximum absolute atomic E-state index is 11.5. The molecule has 92 valence electrons. The molecule has 0 saturated carbocycles. The second kappa shape index (κ2) is 5.40. The third kappa shape index (κ3) is 2.49. The molecule has 0 aliphatic heterocycles. The molecule has 0 saturated heterocycles. The van der Waals surface area contributed by atoms with Crippen LogP contribution in [0.4, 0.5) is 0 Å². The Kier molecular flexibility index (Phi) is 3.87. The van der Waals surface area contributed by atoms with Gasteiger partial charge in [-0.3, -0.25) is 4.79 Å². The smallest absolute Gasteiger partial charge is 0.159 e. The summed E-state index contributed by atoms with van der Waals surface area (Å²) in [6.45, 7) is 3.70. The van der Waals surface area contributed by atoms with Gasteiger partial charge in [0, 0.05) is 10.5 Å². The zero-order chi connectivity index (χ0) is 13.1. The van der Waals surface area contributed by atoms with Gasteiger partial charge in [-0.25, -0.2) is 0 Å². The monoisotopic (exact) mass is 256 g/mol. The number of benzene rings is 2. The van der Waals surface area contributed by atoms with Crippen LogP contribution in [0, 0.1) is 6.92 Å². The zero-order valence-electron chi connectivity index (χ0n) is 10.9. The van der Waals surface area contributed by atoms with E-state index in [2.05, 4.69) is 25.3 Å². The fourth-order valence-corrected chi connectivity index (χ4v) is 2.61. The number of hydrogen-bond acceptors (Lipinski definition) is 2. The largest absolute Gasteiger partial charge is 0.295 e. The first-order chi connectivity index (χ1) is 8.63. The molecule has 2 aromatic rings. The lowest BCUT2D eigenvalue weighted by atomic mass is 9.98. The zero-order valence-corrected chi connectivity index (χ0v) is 11.7. The number of carbonyl (C=O) groups excluding carboxylic acids is 1. The highest BCUT2D eigenvalue weighted by molar-refractivity contribution is 7.98. The molecule has 0 fully saturated rings. The molecule has 0 radical (unpaired) electrons. The van der Waals surface area contributed by atoms with Crippen LogP contribution in [0.5, 0.6) is 0 Å². The summed E-state index contributed by atoms with van der Waals surface area (Å²) in [5.74, 6) is 0.109. The molecule has 0 unspecified atom stereocenters. The van der Waals surface area contributed by atoms with Crippen molar-refractivity contribution < 1.29 is 4.79 Å². The highest BCUT2D eigenvalue weighted by Crippen LogP contribution is 2.33. The van der Waals surface area contributed by atoms with Crippen molar-refractivity contribution in [1.82, 2.24) is 0 Å². The van der Waals surface area contributed by atoms with Crippen LogP contribution in [0.25, 0.3) is 11.1 Å². The molecule has 2 rings (SSSR count). The molecule has 0 heterocycles. The summed E-state index contributed by atoms with van der Waals surface area (Å²) in [7, 11) is 0. The lowest BCUT2D eigenvalue weighted by molar-refractivity contribution is 0.101. The summed E-state index contributed by atoms with van der Waals surface area (Å²) in [6, 6.07) is 14.2. The number of hydrogen-bond donors (Lipinski definition) is 0. The Hall–Kier alpha value is -1.54. The standard InChI is InChI=1S/C16H16OS/c1-11-6-4-5-7-14(11)15-10-13(12(2)17)8-9-16(15)18-3/h4-10H,1-3H3. The van der Waals surface area contributed by atoms with E-state index in [0.717, 1.165) is 11.1 Å². The average Bonchev–Trinajstić information content (AvgIpc) is 2.38. The Balaban J connectivity index is 2.64. The number of thioether (sulfide) groups is 1. The molecule has 0 bridgehead atoms. The van der Waals surface area contributed by atoms with Gasteiger partial charge in [0.05, 0.1) is 0 Å². The quantitative estimate of drug-likeness (QED) is 0.590. The van der Waals surface area contributed by atoms with Crippen molar-refractivity contribution in [3.8, 4) is 11.1 Å². The van der Waals surface area contributed by atoms with Gasteiger partial charge in [-0.05, 0) is 48.9 Å². The lowest BCUT2D eigenvalue weighted by Gasteiger charge is -2.11. The maximum Gasteiger partial charge on any atom is 0.159 e. The normalized spacial score (nSPS) is 10.4. The van der Waals surface area contributed by atoms with E-state index in [-0.39, 0.29) is 5.78 Å². The van der Waals surface area contributed by atoms with Gasteiger partial charge in [0.1, 0.15) is 0 Å². The average molecular weight is 256 g/mol. The van der Waals surface area contributed by atoms with Gasteiger partial charge in [0.15, 0.2) is 5.78 Å². The Labute approximate surface area is 112 Å². The van der Waals surface area contributed by atoms with Crippen LogP contribution in [-0.2, 0) is 0 Å². The summed E-state index contributed by atoms with van der Waals surface area (Å²) in [5, 5.41) is 0. The fourth-order valence-electron chi connectivity index (χ4n) is 2.01. The molecule has 0 atom stereocenters. The number of carbonyl (C=O) groups is 1. The van der Waals surface area contributed by atoms with Gasteiger partial charge in [0.2, 0.25) is 0 Å². The maximum atomic E-state index is 11.5. The van der Waals surface area contributed by atoms with Crippen molar-refractivity contribution >= 4 is 17.5 Å². The molecule has 0 aliphatic carbocycles. The van der Waals surface area contributed by atoms with Crippen LogP contribution in [0.2, 0.25) is 0 Å². The Morgan fingerprint density at radius 3 is 2.39 bits per heavy atom. The third-order valence-electron chi connectivity index (χ3n) is 3.04. The molecule has 2 heteroatoms. The van der Waals surface area contributed by atoms with Gasteiger partial charge < -0.3 is 0 Å². The second-order valence-corrected chi connectivity index (χ2v) is 5.13. The van der Waals surface area contributed by atoms with Crippen LogP contribution in [0.15, 0.2) is 47.4 Å². The van der Waals surface area contributed by atoms with E-state index >= 15 is 0 Å². The van der Waals surface area contributed by atoms with E-state index in [1.807, 2.05) is 30.3 Å². The van der Waals surface area contributed by atoms with Crippen LogP contribution in [0.1, 0.15) is 22.8 Å². The van der Waals surface area contributed by atoms with E-state index < -0.39 is 0 Å². The first-order valence-electron chi connectivity index (χ1n) is 5.88. The van der Waals surface area contributed by atoms with Gasteiger partial charge in [-0.1, -0.05) is 30.3 Å². The molecule has 1 nitrogen and oxygen atoms in total. The summed E-state index contributed by atoms with van der Waals surface area (Å²) in [4.78, 5) is 12.7.